The molecule has 0 fully saturated rings. The van der Waals surface area contributed by atoms with Crippen molar-refractivity contribution in [2.24, 2.45) is 0 Å². The van der Waals surface area contributed by atoms with E-state index in [1.807, 2.05) is 0 Å². The number of benzene rings is 1. The van der Waals surface area contributed by atoms with Crippen molar-refractivity contribution in [2.75, 3.05) is 32.2 Å². The van der Waals surface area contributed by atoms with E-state index in [1.54, 1.807) is 13.8 Å². The van der Waals surface area contributed by atoms with Crippen LogP contribution in [0.2, 0.25) is 0 Å². The van der Waals surface area contributed by atoms with Crippen molar-refractivity contribution < 1.29 is 47.8 Å². The van der Waals surface area contributed by atoms with Crippen LogP contribution in [0.15, 0.2) is 18.2 Å². The van der Waals surface area contributed by atoms with Crippen LogP contribution < -0.4 is 5.32 Å². The number of ether oxygens (including phenoxy) is 4. The van der Waals surface area contributed by atoms with Crippen molar-refractivity contribution in [2.45, 2.75) is 20.8 Å². The van der Waals surface area contributed by atoms with Crippen molar-refractivity contribution in [3.05, 3.63) is 55.4 Å². The van der Waals surface area contributed by atoms with Gasteiger partial charge in [0.15, 0.2) is 6.61 Å². The zero-order valence-corrected chi connectivity index (χ0v) is 20.5. The van der Waals surface area contributed by atoms with E-state index in [0.717, 1.165) is 36.6 Å². The molecule has 1 aromatic heterocycles. The summed E-state index contributed by atoms with van der Waals surface area (Å²) in [5, 5.41) is 13.5. The number of non-ortho nitro benzene ring substituents is 1. The standard InChI is InChI=1S/C22H22N2O11S/c1-5-33-21(28)16-11(3)17(22(29)34-6-2)36-18(16)23-15(25)10-35-20(27)13-7-12(19(26)32-4)8-14(9-13)24(30)31/h7-9H,5-6,10H2,1-4H3,(H,23,25). The Balaban J connectivity index is 2.23. The van der Waals surface area contributed by atoms with Crippen molar-refractivity contribution in [3.8, 4) is 0 Å². The molecule has 0 saturated carbocycles. The lowest BCUT2D eigenvalue weighted by atomic mass is 10.1. The number of nitrogens with one attached hydrogen (secondary N) is 1. The molecule has 0 atom stereocenters. The predicted molar refractivity (Wildman–Crippen MR) is 124 cm³/mol. The highest BCUT2D eigenvalue weighted by Gasteiger charge is 2.28. The fourth-order valence-electron chi connectivity index (χ4n) is 2.89. The number of nitro benzene ring substituents is 1. The number of esters is 4. The Morgan fingerprint density at radius 2 is 1.50 bits per heavy atom. The van der Waals surface area contributed by atoms with E-state index < -0.39 is 47.0 Å². The van der Waals surface area contributed by atoms with Crippen molar-refractivity contribution in [3.63, 3.8) is 0 Å². The first-order valence-corrected chi connectivity index (χ1v) is 11.2. The normalized spacial score (nSPS) is 10.2. The summed E-state index contributed by atoms with van der Waals surface area (Å²) >= 11 is 0.786. The zero-order valence-electron chi connectivity index (χ0n) is 19.7. The molecule has 1 N–H and O–H groups in total. The number of carbonyl (C=O) groups is 5. The minimum atomic E-state index is -1.13. The van der Waals surface area contributed by atoms with Crippen molar-refractivity contribution >= 4 is 51.8 Å². The summed E-state index contributed by atoms with van der Waals surface area (Å²) in [6.07, 6.45) is 0. The number of rotatable bonds is 10. The fraction of sp³-hybridized carbons (Fsp3) is 0.318. The number of thiophene rings is 1. The molecule has 0 aliphatic rings. The summed E-state index contributed by atoms with van der Waals surface area (Å²) in [7, 11) is 1.06. The Labute approximate surface area is 208 Å². The number of methoxy groups -OCH3 is 1. The summed E-state index contributed by atoms with van der Waals surface area (Å²) in [5.74, 6) is -4.38. The van der Waals surface area contributed by atoms with Gasteiger partial charge in [-0.2, -0.15) is 0 Å². The molecular formula is C22H22N2O11S. The van der Waals surface area contributed by atoms with Gasteiger partial charge in [-0.25, -0.2) is 19.2 Å². The molecule has 0 spiro atoms. The summed E-state index contributed by atoms with van der Waals surface area (Å²) in [6, 6.07) is 2.82. The van der Waals surface area contributed by atoms with Gasteiger partial charge in [-0.3, -0.25) is 14.9 Å². The van der Waals surface area contributed by atoms with E-state index in [0.29, 0.717) is 0 Å². The fourth-order valence-corrected chi connectivity index (χ4v) is 3.99. The highest BCUT2D eigenvalue weighted by atomic mass is 32.1. The topological polar surface area (TPSA) is 177 Å². The first kappa shape index (κ1) is 27.9. The zero-order chi connectivity index (χ0) is 27.0. The van der Waals surface area contributed by atoms with Crippen LogP contribution >= 0.6 is 11.3 Å². The SMILES string of the molecule is CCOC(=O)c1sc(NC(=O)COC(=O)c2cc(C(=O)OC)cc([N+](=O)[O-])c2)c(C(=O)OCC)c1C. The summed E-state index contributed by atoms with van der Waals surface area (Å²) < 4.78 is 19.4. The molecular weight excluding hydrogens is 500 g/mol. The monoisotopic (exact) mass is 522 g/mol. The number of hydrogen-bond acceptors (Lipinski definition) is 12. The molecule has 2 aromatic rings. The molecule has 0 radical (unpaired) electrons. The molecule has 0 aliphatic heterocycles. The molecule has 0 saturated heterocycles. The van der Waals surface area contributed by atoms with E-state index in [1.165, 1.54) is 6.92 Å². The second-order valence-corrected chi connectivity index (χ2v) is 7.86. The average molecular weight is 522 g/mol. The summed E-state index contributed by atoms with van der Waals surface area (Å²) in [6.45, 7) is 3.99. The first-order valence-electron chi connectivity index (χ1n) is 10.4. The predicted octanol–water partition coefficient (Wildman–Crippen LogP) is 2.90. The Hall–Kier alpha value is -4.33. The number of nitrogens with zero attached hydrogens (tertiary/aromatic N) is 1. The molecule has 1 heterocycles. The Morgan fingerprint density at radius 1 is 0.917 bits per heavy atom. The third-order valence-electron chi connectivity index (χ3n) is 4.46. The Kier molecular flexibility index (Phi) is 9.61. The average Bonchev–Trinajstić information content (AvgIpc) is 3.17. The summed E-state index contributed by atoms with van der Waals surface area (Å²) in [4.78, 5) is 71.7. The van der Waals surface area contributed by atoms with Crippen LogP contribution in [0.25, 0.3) is 0 Å². The molecule has 0 unspecified atom stereocenters. The molecule has 1 aromatic carbocycles. The molecule has 13 nitrogen and oxygen atoms in total. The van der Waals surface area contributed by atoms with E-state index >= 15 is 0 Å². The van der Waals surface area contributed by atoms with Gasteiger partial charge < -0.3 is 24.3 Å². The van der Waals surface area contributed by atoms with Gasteiger partial charge in [-0.05, 0) is 32.4 Å². The van der Waals surface area contributed by atoms with Gasteiger partial charge >= 0.3 is 23.9 Å². The van der Waals surface area contributed by atoms with Gasteiger partial charge in [-0.1, -0.05) is 0 Å². The molecule has 0 aliphatic carbocycles. The van der Waals surface area contributed by atoms with Crippen LogP contribution in [-0.2, 0) is 23.7 Å². The number of hydrogen-bond donors (Lipinski definition) is 1. The Bertz CT molecular complexity index is 1220. The maximum Gasteiger partial charge on any atom is 0.348 e. The number of anilines is 1. The third-order valence-corrected chi connectivity index (χ3v) is 5.65. The van der Waals surface area contributed by atoms with E-state index in [9.17, 15) is 34.1 Å². The van der Waals surface area contributed by atoms with Gasteiger partial charge in [0.2, 0.25) is 0 Å². The van der Waals surface area contributed by atoms with Crippen LogP contribution in [0.5, 0.6) is 0 Å². The van der Waals surface area contributed by atoms with Crippen molar-refractivity contribution in [1.82, 2.24) is 0 Å². The number of nitro groups is 1. The van der Waals surface area contributed by atoms with Gasteiger partial charge in [0.05, 0.1) is 41.9 Å². The highest BCUT2D eigenvalue weighted by molar-refractivity contribution is 7.18. The second-order valence-electron chi connectivity index (χ2n) is 6.84. The largest absolute Gasteiger partial charge is 0.465 e. The lowest BCUT2D eigenvalue weighted by Crippen LogP contribution is -2.22. The quantitative estimate of drug-likeness (QED) is 0.210. The van der Waals surface area contributed by atoms with E-state index in [2.05, 4.69) is 10.1 Å². The maximum atomic E-state index is 12.5. The van der Waals surface area contributed by atoms with Gasteiger partial charge in [0.25, 0.3) is 11.6 Å². The second kappa shape index (κ2) is 12.4. The van der Waals surface area contributed by atoms with E-state index in [4.69, 9.17) is 14.2 Å². The highest BCUT2D eigenvalue weighted by Crippen LogP contribution is 2.34. The maximum absolute atomic E-state index is 12.5. The van der Waals surface area contributed by atoms with Gasteiger partial charge in [-0.15, -0.1) is 11.3 Å². The number of carbonyl (C=O) groups excluding carboxylic acids is 5. The molecule has 1 amide bonds. The van der Waals surface area contributed by atoms with Crippen molar-refractivity contribution in [1.29, 1.82) is 0 Å². The minimum absolute atomic E-state index is 0.0154. The first-order chi connectivity index (χ1) is 17.0. The van der Waals surface area contributed by atoms with Crippen LogP contribution in [0.1, 0.15) is 60.2 Å². The molecule has 0 bridgehead atoms. The van der Waals surface area contributed by atoms with Gasteiger partial charge in [0.1, 0.15) is 9.88 Å². The molecule has 2 rings (SSSR count). The van der Waals surface area contributed by atoms with Crippen LogP contribution in [0.3, 0.4) is 0 Å². The lowest BCUT2D eigenvalue weighted by Gasteiger charge is -2.08. The minimum Gasteiger partial charge on any atom is -0.465 e. The molecule has 192 valence electrons. The number of amides is 1. The van der Waals surface area contributed by atoms with E-state index in [-0.39, 0.29) is 45.3 Å². The molecule has 36 heavy (non-hydrogen) atoms. The van der Waals surface area contributed by atoms with Crippen LogP contribution in [-0.4, -0.2) is 61.6 Å². The van der Waals surface area contributed by atoms with Gasteiger partial charge in [0, 0.05) is 12.1 Å². The lowest BCUT2D eigenvalue weighted by molar-refractivity contribution is -0.384. The van der Waals surface area contributed by atoms with Crippen LogP contribution in [0.4, 0.5) is 10.7 Å². The Morgan fingerprint density at radius 3 is 2.06 bits per heavy atom. The smallest absolute Gasteiger partial charge is 0.348 e. The van der Waals surface area contributed by atoms with Crippen LogP contribution in [0, 0.1) is 17.0 Å². The molecule has 14 heteroatoms. The third kappa shape index (κ3) is 6.63. The summed E-state index contributed by atoms with van der Waals surface area (Å²) in [5.41, 5.74) is -0.986.